The summed E-state index contributed by atoms with van der Waals surface area (Å²) < 4.78 is 65.3. The molecule has 6 nitrogen and oxygen atoms in total. The number of hydrogen-bond donors (Lipinski definition) is 1. The molecule has 0 spiro atoms. The van der Waals surface area contributed by atoms with E-state index in [1.165, 1.54) is 41.1 Å². The standard InChI is InChI=1S/C18H15F4N3O3/c1-27-18(17(20,21)22,24-16(26)12-5-3-2-4-6-12)28-11-14-10-23-15-9-13(19)7-8-25(14)15/h2-10H,11H2,1H3,(H,24,26). The van der Waals surface area contributed by atoms with E-state index in [-0.39, 0.29) is 16.9 Å². The molecule has 3 aromatic rings. The summed E-state index contributed by atoms with van der Waals surface area (Å²) >= 11 is 0. The summed E-state index contributed by atoms with van der Waals surface area (Å²) in [5.74, 6) is -4.95. The molecule has 1 N–H and O–H groups in total. The van der Waals surface area contributed by atoms with Gasteiger partial charge in [-0.1, -0.05) is 18.2 Å². The van der Waals surface area contributed by atoms with Crippen LogP contribution in [0.3, 0.4) is 0 Å². The van der Waals surface area contributed by atoms with Crippen LogP contribution in [-0.2, 0) is 16.1 Å². The van der Waals surface area contributed by atoms with Gasteiger partial charge < -0.3 is 13.9 Å². The highest BCUT2D eigenvalue weighted by molar-refractivity contribution is 5.94. The number of imidazole rings is 1. The number of benzene rings is 1. The van der Waals surface area contributed by atoms with Gasteiger partial charge in [0, 0.05) is 24.9 Å². The summed E-state index contributed by atoms with van der Waals surface area (Å²) in [6, 6.07) is 9.59. The minimum atomic E-state index is -5.08. The lowest BCUT2D eigenvalue weighted by Crippen LogP contribution is -2.62. The predicted octanol–water partition coefficient (Wildman–Crippen LogP) is 3.28. The Morgan fingerprint density at radius 1 is 1.21 bits per heavy atom. The molecule has 3 rings (SSSR count). The highest BCUT2D eigenvalue weighted by Gasteiger charge is 2.59. The fourth-order valence-corrected chi connectivity index (χ4v) is 2.52. The normalized spacial score (nSPS) is 14.0. The van der Waals surface area contributed by atoms with Crippen molar-refractivity contribution in [3.63, 3.8) is 0 Å². The minimum absolute atomic E-state index is 0.00190. The average Bonchev–Trinajstić information content (AvgIpc) is 3.06. The van der Waals surface area contributed by atoms with Crippen LogP contribution in [0.15, 0.2) is 54.9 Å². The lowest BCUT2D eigenvalue weighted by atomic mass is 10.2. The van der Waals surface area contributed by atoms with Gasteiger partial charge in [-0.15, -0.1) is 0 Å². The van der Waals surface area contributed by atoms with Crippen LogP contribution in [0.1, 0.15) is 16.1 Å². The molecule has 0 radical (unpaired) electrons. The maximum Gasteiger partial charge on any atom is 0.465 e. The molecule has 0 saturated heterocycles. The minimum Gasteiger partial charge on any atom is -0.329 e. The number of carbonyl (C=O) groups excluding carboxylic acids is 1. The Kier molecular flexibility index (Phi) is 5.34. The van der Waals surface area contributed by atoms with Crippen molar-refractivity contribution < 1.29 is 31.8 Å². The zero-order chi connectivity index (χ0) is 20.4. The molecular formula is C18H15F4N3O3. The van der Waals surface area contributed by atoms with Crippen molar-refractivity contribution in [1.29, 1.82) is 0 Å². The van der Waals surface area contributed by atoms with E-state index in [2.05, 4.69) is 9.72 Å². The lowest BCUT2D eigenvalue weighted by molar-refractivity contribution is -0.386. The first kappa shape index (κ1) is 19.8. The molecule has 1 atom stereocenters. The van der Waals surface area contributed by atoms with Gasteiger partial charge in [-0.25, -0.2) is 9.37 Å². The number of ether oxygens (including phenoxy) is 2. The summed E-state index contributed by atoms with van der Waals surface area (Å²) in [6.07, 6.45) is -2.54. The molecule has 2 aromatic heterocycles. The van der Waals surface area contributed by atoms with Gasteiger partial charge in [0.1, 0.15) is 11.5 Å². The summed E-state index contributed by atoms with van der Waals surface area (Å²) in [5.41, 5.74) is 0.402. The molecule has 10 heteroatoms. The third-order valence-electron chi connectivity index (χ3n) is 3.95. The van der Waals surface area contributed by atoms with E-state index in [4.69, 9.17) is 4.74 Å². The van der Waals surface area contributed by atoms with Gasteiger partial charge in [0.25, 0.3) is 5.91 Å². The van der Waals surface area contributed by atoms with Crippen LogP contribution in [0, 0.1) is 5.82 Å². The maximum atomic E-state index is 13.7. The van der Waals surface area contributed by atoms with Gasteiger partial charge in [-0.3, -0.25) is 10.1 Å². The number of alkyl halides is 3. The SMILES string of the molecule is COC(NC(=O)c1ccccc1)(OCc1cnc2cc(F)ccn12)C(F)(F)F. The highest BCUT2D eigenvalue weighted by Crippen LogP contribution is 2.33. The number of nitrogens with one attached hydrogen (secondary N) is 1. The molecule has 1 aromatic carbocycles. The lowest BCUT2D eigenvalue weighted by Gasteiger charge is -2.34. The van der Waals surface area contributed by atoms with Gasteiger partial charge in [0.2, 0.25) is 0 Å². The summed E-state index contributed by atoms with van der Waals surface area (Å²) in [4.78, 5) is 16.2. The molecule has 0 bridgehead atoms. The third kappa shape index (κ3) is 3.82. The Labute approximate surface area is 156 Å². The average molecular weight is 397 g/mol. The fourth-order valence-electron chi connectivity index (χ4n) is 2.52. The van der Waals surface area contributed by atoms with Gasteiger partial charge in [-0.05, 0) is 18.2 Å². The number of amides is 1. The van der Waals surface area contributed by atoms with E-state index in [1.54, 1.807) is 11.4 Å². The quantitative estimate of drug-likeness (QED) is 0.512. The van der Waals surface area contributed by atoms with Crippen LogP contribution in [-0.4, -0.2) is 34.5 Å². The number of halogens is 4. The summed E-state index contributed by atoms with van der Waals surface area (Å²) in [6.45, 7) is -0.616. The molecule has 1 amide bonds. The van der Waals surface area contributed by atoms with E-state index in [9.17, 15) is 22.4 Å². The van der Waals surface area contributed by atoms with Gasteiger partial charge in [0.15, 0.2) is 0 Å². The molecule has 0 aliphatic carbocycles. The number of pyridine rings is 1. The molecular weight excluding hydrogens is 382 g/mol. The van der Waals surface area contributed by atoms with Crippen molar-refractivity contribution >= 4 is 11.6 Å². The van der Waals surface area contributed by atoms with Gasteiger partial charge in [0.05, 0.1) is 18.5 Å². The van der Waals surface area contributed by atoms with Crippen molar-refractivity contribution in [3.05, 3.63) is 71.9 Å². The Balaban J connectivity index is 1.86. The van der Waals surface area contributed by atoms with Gasteiger partial charge >= 0.3 is 12.1 Å². The molecule has 0 saturated carbocycles. The predicted molar refractivity (Wildman–Crippen MR) is 89.6 cm³/mol. The van der Waals surface area contributed by atoms with Gasteiger partial charge in [-0.2, -0.15) is 13.2 Å². The van der Waals surface area contributed by atoms with Crippen molar-refractivity contribution in [2.75, 3.05) is 7.11 Å². The number of rotatable bonds is 6. The number of carbonyl (C=O) groups is 1. The maximum absolute atomic E-state index is 13.7. The number of methoxy groups -OCH3 is 1. The van der Waals surface area contributed by atoms with Crippen molar-refractivity contribution in [2.24, 2.45) is 0 Å². The van der Waals surface area contributed by atoms with Crippen molar-refractivity contribution in [3.8, 4) is 0 Å². The Bertz CT molecular complexity index is 975. The van der Waals surface area contributed by atoms with E-state index in [1.807, 2.05) is 0 Å². The smallest absolute Gasteiger partial charge is 0.329 e. The topological polar surface area (TPSA) is 64.9 Å². The second kappa shape index (κ2) is 7.56. The van der Waals surface area contributed by atoms with Crippen LogP contribution < -0.4 is 5.32 Å². The molecule has 0 aliphatic heterocycles. The molecule has 148 valence electrons. The van der Waals surface area contributed by atoms with Crippen LogP contribution in [0.2, 0.25) is 0 Å². The zero-order valence-electron chi connectivity index (χ0n) is 14.5. The van der Waals surface area contributed by atoms with E-state index >= 15 is 0 Å². The summed E-state index contributed by atoms with van der Waals surface area (Å²) in [5, 5.41) is 1.76. The first-order valence-corrected chi connectivity index (χ1v) is 8.00. The van der Waals surface area contributed by atoms with Crippen molar-refractivity contribution in [2.45, 2.75) is 18.7 Å². The first-order valence-electron chi connectivity index (χ1n) is 8.00. The molecule has 0 aliphatic rings. The van der Waals surface area contributed by atoms with Crippen molar-refractivity contribution in [1.82, 2.24) is 14.7 Å². The second-order valence-corrected chi connectivity index (χ2v) is 5.75. The van der Waals surface area contributed by atoms with Crippen LogP contribution >= 0.6 is 0 Å². The number of hydrogen-bond acceptors (Lipinski definition) is 4. The van der Waals surface area contributed by atoms with E-state index < -0.39 is 30.4 Å². The number of aromatic nitrogens is 2. The third-order valence-corrected chi connectivity index (χ3v) is 3.95. The summed E-state index contributed by atoms with van der Waals surface area (Å²) in [7, 11) is 0.767. The van der Waals surface area contributed by atoms with E-state index in [0.29, 0.717) is 0 Å². The fraction of sp³-hybridized carbons (Fsp3) is 0.222. The molecule has 2 heterocycles. The number of fused-ring (bicyclic) bond motifs is 1. The Morgan fingerprint density at radius 3 is 2.57 bits per heavy atom. The van der Waals surface area contributed by atoms with E-state index in [0.717, 1.165) is 19.2 Å². The second-order valence-electron chi connectivity index (χ2n) is 5.75. The Hall–Kier alpha value is -2.98. The number of nitrogens with zero attached hydrogens (tertiary/aromatic N) is 2. The highest BCUT2D eigenvalue weighted by atomic mass is 19.4. The first-order chi connectivity index (χ1) is 13.3. The largest absolute Gasteiger partial charge is 0.465 e. The molecule has 1 unspecified atom stereocenters. The molecule has 0 fully saturated rings. The molecule has 28 heavy (non-hydrogen) atoms. The van der Waals surface area contributed by atoms with Crippen LogP contribution in [0.25, 0.3) is 5.65 Å². The Morgan fingerprint density at radius 2 is 1.93 bits per heavy atom. The monoisotopic (exact) mass is 397 g/mol. The van der Waals surface area contributed by atoms with Crippen LogP contribution in [0.4, 0.5) is 17.6 Å². The van der Waals surface area contributed by atoms with Crippen LogP contribution in [0.5, 0.6) is 0 Å². The zero-order valence-corrected chi connectivity index (χ0v) is 14.5.